The first kappa shape index (κ1) is 20.7. The molecule has 0 spiro atoms. The van der Waals surface area contributed by atoms with Crippen molar-refractivity contribution in [1.82, 2.24) is 20.5 Å². The van der Waals surface area contributed by atoms with Crippen LogP contribution in [0.15, 0.2) is 24.3 Å². The van der Waals surface area contributed by atoms with Crippen molar-refractivity contribution in [3.05, 3.63) is 46.5 Å². The van der Waals surface area contributed by atoms with Gasteiger partial charge in [-0.15, -0.1) is 0 Å². The van der Waals surface area contributed by atoms with Crippen molar-refractivity contribution in [3.8, 4) is 0 Å². The molecule has 1 saturated heterocycles. The van der Waals surface area contributed by atoms with Crippen molar-refractivity contribution in [1.29, 1.82) is 0 Å². The molecule has 0 atom stereocenters. The molecule has 0 unspecified atom stereocenters. The first-order valence-electron chi connectivity index (χ1n) is 10.5. The van der Waals surface area contributed by atoms with Gasteiger partial charge < -0.3 is 10.2 Å². The van der Waals surface area contributed by atoms with Crippen LogP contribution in [-0.2, 0) is 0 Å². The summed E-state index contributed by atoms with van der Waals surface area (Å²) in [6, 6.07) is 6.03. The second-order valence-electron chi connectivity index (χ2n) is 8.15. The van der Waals surface area contributed by atoms with Gasteiger partial charge in [-0.1, -0.05) is 0 Å². The van der Waals surface area contributed by atoms with Crippen LogP contribution in [-0.4, -0.2) is 81.7 Å². The Morgan fingerprint density at radius 3 is 1.69 bits per heavy atom. The first-order chi connectivity index (χ1) is 15.5. The van der Waals surface area contributed by atoms with Crippen molar-refractivity contribution >= 4 is 34.4 Å². The van der Waals surface area contributed by atoms with Gasteiger partial charge in [0.1, 0.15) is 0 Å². The zero-order valence-electron chi connectivity index (χ0n) is 17.2. The van der Waals surface area contributed by atoms with Crippen LogP contribution >= 0.6 is 0 Å². The number of aliphatic hydroxyl groups excluding tert-OH is 2. The summed E-state index contributed by atoms with van der Waals surface area (Å²) in [5, 5.41) is 22.7. The van der Waals surface area contributed by atoms with Crippen LogP contribution in [0, 0.1) is 5.92 Å². The van der Waals surface area contributed by atoms with Gasteiger partial charge in [0, 0.05) is 37.0 Å². The van der Waals surface area contributed by atoms with Gasteiger partial charge in [0.05, 0.1) is 28.9 Å². The highest BCUT2D eigenvalue weighted by atomic mass is 16.3. The van der Waals surface area contributed by atoms with Crippen LogP contribution in [0.5, 0.6) is 0 Å². The fourth-order valence-electron chi connectivity index (χ4n) is 4.73. The van der Waals surface area contributed by atoms with Gasteiger partial charge in [-0.2, -0.15) is 0 Å². The van der Waals surface area contributed by atoms with E-state index in [1.807, 2.05) is 0 Å². The van der Waals surface area contributed by atoms with Crippen molar-refractivity contribution in [2.24, 2.45) is 5.92 Å². The van der Waals surface area contributed by atoms with Crippen molar-refractivity contribution < 1.29 is 29.4 Å². The van der Waals surface area contributed by atoms with Crippen LogP contribution in [0.2, 0.25) is 0 Å². The number of aliphatic hydroxyl groups is 2. The lowest BCUT2D eigenvalue weighted by atomic mass is 9.86. The van der Waals surface area contributed by atoms with E-state index < -0.39 is 23.6 Å². The molecule has 3 aliphatic heterocycles. The third-order valence-corrected chi connectivity index (χ3v) is 6.39. The van der Waals surface area contributed by atoms with E-state index in [9.17, 15) is 24.3 Å². The van der Waals surface area contributed by atoms with Crippen LogP contribution in [0.4, 0.5) is 0 Å². The fraction of sp³-hybridized carbons (Fsp3) is 0.364. The highest BCUT2D eigenvalue weighted by molar-refractivity contribution is 6.33. The maximum absolute atomic E-state index is 13.4. The van der Waals surface area contributed by atoms with Gasteiger partial charge >= 0.3 is 0 Å². The Hall–Kier alpha value is -3.18. The average molecular weight is 438 g/mol. The van der Waals surface area contributed by atoms with Gasteiger partial charge in [0.15, 0.2) is 0 Å². The number of hydrogen-bond donors (Lipinski definition) is 3. The van der Waals surface area contributed by atoms with Crippen molar-refractivity contribution in [2.75, 3.05) is 32.8 Å². The van der Waals surface area contributed by atoms with Gasteiger partial charge in [-0.25, -0.2) is 20.5 Å². The summed E-state index contributed by atoms with van der Waals surface area (Å²) >= 11 is 0. The number of hydrazine groups is 2. The first-order valence-corrected chi connectivity index (χ1v) is 10.5. The Balaban J connectivity index is 1.59. The molecule has 1 fully saturated rings. The molecule has 32 heavy (non-hydrogen) atoms. The molecule has 3 aliphatic rings. The van der Waals surface area contributed by atoms with Crippen LogP contribution < -0.4 is 5.43 Å². The molecular formula is C22H22N4O6. The Bertz CT molecular complexity index is 1100. The number of nitrogens with one attached hydrogen (secondary N) is 1. The number of rotatable bonds is 5. The zero-order valence-corrected chi connectivity index (χ0v) is 17.2. The number of carbonyl (C=O) groups is 4. The summed E-state index contributed by atoms with van der Waals surface area (Å²) in [6.07, 6.45) is 1.35. The number of hydrogen-bond acceptors (Lipinski definition) is 8. The normalized spacial score (nSPS) is 19.4. The maximum atomic E-state index is 13.4. The summed E-state index contributed by atoms with van der Waals surface area (Å²) in [7, 11) is 0. The lowest BCUT2D eigenvalue weighted by molar-refractivity contribution is -0.0223. The predicted molar refractivity (Wildman–Crippen MR) is 111 cm³/mol. The molecule has 166 valence electrons. The smallest absolute Gasteiger partial charge is 0.276 e. The fourth-order valence-corrected chi connectivity index (χ4v) is 4.73. The Morgan fingerprint density at radius 1 is 0.781 bits per heavy atom. The second-order valence-corrected chi connectivity index (χ2v) is 8.15. The van der Waals surface area contributed by atoms with E-state index in [-0.39, 0.29) is 47.9 Å². The van der Waals surface area contributed by atoms with Gasteiger partial charge in [0.25, 0.3) is 23.6 Å². The molecule has 10 nitrogen and oxygen atoms in total. The molecule has 0 aromatic heterocycles. The minimum Gasteiger partial charge on any atom is -0.396 e. The molecule has 5 rings (SSSR count). The minimum absolute atomic E-state index is 0.0189. The molecular weight excluding hydrogens is 416 g/mol. The van der Waals surface area contributed by atoms with Gasteiger partial charge in [-0.05, 0) is 43.0 Å². The van der Waals surface area contributed by atoms with Crippen molar-refractivity contribution in [2.45, 2.75) is 12.8 Å². The van der Waals surface area contributed by atoms with Crippen LogP contribution in [0.25, 0.3) is 10.8 Å². The molecule has 0 saturated carbocycles. The molecule has 2 aromatic carbocycles. The Labute approximate surface area is 182 Å². The van der Waals surface area contributed by atoms with E-state index in [4.69, 9.17) is 5.11 Å². The average Bonchev–Trinajstić information content (AvgIpc) is 2.81. The molecule has 3 N–H and O–H groups in total. The monoisotopic (exact) mass is 438 g/mol. The van der Waals surface area contributed by atoms with E-state index in [0.717, 1.165) is 10.0 Å². The number of nitrogens with zero attached hydrogens (tertiary/aromatic N) is 3. The van der Waals surface area contributed by atoms with Gasteiger partial charge in [0.2, 0.25) is 0 Å². The largest absolute Gasteiger partial charge is 0.396 e. The van der Waals surface area contributed by atoms with Crippen LogP contribution in [0.3, 0.4) is 0 Å². The zero-order chi connectivity index (χ0) is 22.6. The molecule has 0 bridgehead atoms. The topological polar surface area (TPSA) is 130 Å². The number of imide groups is 2. The Morgan fingerprint density at radius 2 is 1.25 bits per heavy atom. The molecule has 0 radical (unpaired) electrons. The van der Waals surface area contributed by atoms with Crippen molar-refractivity contribution in [3.63, 3.8) is 0 Å². The van der Waals surface area contributed by atoms with E-state index in [0.29, 0.717) is 36.7 Å². The number of carbonyl (C=O) groups excluding carboxylic acids is 4. The third kappa shape index (κ3) is 2.88. The number of benzene rings is 2. The summed E-state index contributed by atoms with van der Waals surface area (Å²) in [5.74, 6) is -2.04. The third-order valence-electron chi connectivity index (χ3n) is 6.39. The quantitative estimate of drug-likeness (QED) is 0.563. The molecule has 0 aliphatic carbocycles. The summed E-state index contributed by atoms with van der Waals surface area (Å²) < 4.78 is 0. The standard InChI is InChI=1S/C22H22N4O6/c27-10-7-23-25-19(29)13-1-3-15-18-16(4-2-14(17(13)18)20(25)30)22(32)26(21(15)31)24-8-5-12(11-28)6-9-24/h1-4,12,23,27-28H,5-11H2. The maximum Gasteiger partial charge on any atom is 0.276 e. The molecule has 3 heterocycles. The molecule has 4 amide bonds. The predicted octanol–water partition coefficient (Wildman–Crippen LogP) is 0.148. The molecule has 2 aromatic rings. The number of piperidine rings is 1. The van der Waals surface area contributed by atoms with Crippen LogP contribution in [0.1, 0.15) is 54.3 Å². The van der Waals surface area contributed by atoms with E-state index >= 15 is 0 Å². The highest BCUT2D eigenvalue weighted by Crippen LogP contribution is 2.38. The van der Waals surface area contributed by atoms with Gasteiger partial charge in [-0.3, -0.25) is 19.2 Å². The second kappa shape index (κ2) is 7.75. The highest BCUT2D eigenvalue weighted by Gasteiger charge is 2.42. The SMILES string of the molecule is O=C1c2ccc3c4c(ccc(c24)C(=O)N1NCCO)C(=O)N(N1CCC(CO)CC1)C3=O. The summed E-state index contributed by atoms with van der Waals surface area (Å²) in [4.78, 5) is 52.6. The lowest BCUT2D eigenvalue weighted by Crippen LogP contribution is -2.55. The lowest BCUT2D eigenvalue weighted by Gasteiger charge is -2.40. The Kier molecular flexibility index (Phi) is 5.01. The summed E-state index contributed by atoms with van der Waals surface area (Å²) in [6.45, 7) is 0.784. The van der Waals surface area contributed by atoms with E-state index in [1.165, 1.54) is 24.3 Å². The van der Waals surface area contributed by atoms with E-state index in [2.05, 4.69) is 5.43 Å². The number of amides is 4. The minimum atomic E-state index is -0.604. The van der Waals surface area contributed by atoms with E-state index in [1.54, 1.807) is 5.01 Å². The molecule has 10 heteroatoms. The summed E-state index contributed by atoms with van der Waals surface area (Å²) in [5.41, 5.74) is 3.56.